The molecule has 72 valence electrons. The molecule has 0 saturated carbocycles. The van der Waals surface area contributed by atoms with Gasteiger partial charge in [-0.3, -0.25) is 4.98 Å². The third-order valence-corrected chi connectivity index (χ3v) is 1.98. The monoisotopic (exact) mass is 205 g/mol. The fourth-order valence-electron chi connectivity index (χ4n) is 0.839. The number of pyridine rings is 1. The van der Waals surface area contributed by atoms with E-state index < -0.39 is 16.0 Å². The number of halogens is 1. The van der Waals surface area contributed by atoms with Gasteiger partial charge in [0.05, 0.1) is 12.8 Å². The second kappa shape index (κ2) is 3.69. The molecule has 0 spiro atoms. The van der Waals surface area contributed by atoms with E-state index in [2.05, 4.69) is 4.98 Å². The summed E-state index contributed by atoms with van der Waals surface area (Å²) >= 11 is 0. The van der Waals surface area contributed by atoms with Crippen LogP contribution in [0.2, 0.25) is 0 Å². The molecule has 1 aromatic rings. The highest BCUT2D eigenvalue weighted by Gasteiger charge is 2.10. The van der Waals surface area contributed by atoms with Crippen LogP contribution in [-0.2, 0) is 16.0 Å². The first kappa shape index (κ1) is 9.91. The quantitative estimate of drug-likeness (QED) is 0.687. The number of hydrogen-bond acceptors (Lipinski definition) is 4. The van der Waals surface area contributed by atoms with Gasteiger partial charge in [-0.25, -0.2) is 0 Å². The largest absolute Gasteiger partial charge is 0.497 e. The van der Waals surface area contributed by atoms with E-state index in [0.29, 0.717) is 5.75 Å². The molecule has 0 fully saturated rings. The second-order valence-corrected chi connectivity index (χ2v) is 3.74. The molecule has 13 heavy (non-hydrogen) atoms. The van der Waals surface area contributed by atoms with E-state index in [1.165, 1.54) is 19.4 Å². The Hall–Kier alpha value is -1.17. The first-order valence-corrected chi connectivity index (χ1v) is 4.98. The van der Waals surface area contributed by atoms with Gasteiger partial charge in [-0.1, -0.05) is 0 Å². The Morgan fingerprint density at radius 3 is 2.85 bits per heavy atom. The minimum atomic E-state index is -4.52. The van der Waals surface area contributed by atoms with Gasteiger partial charge in [0.25, 0.3) is 0 Å². The standard InChI is InChI=1S/C7H8FNO3S/c1-12-7-2-3-9-6(4-7)5-13(8,10)11/h2-4H,5H2,1H3. The van der Waals surface area contributed by atoms with Crippen molar-refractivity contribution in [2.75, 3.05) is 7.11 Å². The van der Waals surface area contributed by atoms with Crippen molar-refractivity contribution in [3.63, 3.8) is 0 Å². The lowest BCUT2D eigenvalue weighted by Crippen LogP contribution is -1.99. The van der Waals surface area contributed by atoms with Crippen molar-refractivity contribution in [2.24, 2.45) is 0 Å². The number of methoxy groups -OCH3 is 1. The summed E-state index contributed by atoms with van der Waals surface area (Å²) in [6.45, 7) is 0. The second-order valence-electron chi connectivity index (χ2n) is 2.37. The molecule has 0 N–H and O–H groups in total. The van der Waals surface area contributed by atoms with Gasteiger partial charge >= 0.3 is 10.2 Å². The van der Waals surface area contributed by atoms with Crippen molar-refractivity contribution >= 4 is 10.2 Å². The summed E-state index contributed by atoms with van der Waals surface area (Å²) < 4.78 is 37.5. The highest BCUT2D eigenvalue weighted by atomic mass is 32.3. The molecule has 0 amide bonds. The predicted octanol–water partition coefficient (Wildman–Crippen LogP) is 0.889. The van der Waals surface area contributed by atoms with Gasteiger partial charge < -0.3 is 4.74 Å². The molecule has 4 nitrogen and oxygen atoms in total. The van der Waals surface area contributed by atoms with E-state index in [1.807, 2.05) is 0 Å². The zero-order valence-electron chi connectivity index (χ0n) is 6.90. The third kappa shape index (κ3) is 3.37. The molecule has 1 aromatic heterocycles. The fraction of sp³-hybridized carbons (Fsp3) is 0.286. The molecule has 1 heterocycles. The maximum Gasteiger partial charge on any atom is 0.308 e. The maximum absolute atomic E-state index is 12.2. The van der Waals surface area contributed by atoms with Crippen LogP contribution in [0.3, 0.4) is 0 Å². The Morgan fingerprint density at radius 1 is 1.62 bits per heavy atom. The van der Waals surface area contributed by atoms with Crippen LogP contribution >= 0.6 is 0 Å². The van der Waals surface area contributed by atoms with Crippen LogP contribution in [0.15, 0.2) is 18.3 Å². The summed E-state index contributed by atoms with van der Waals surface area (Å²) in [5.41, 5.74) is 0.127. The van der Waals surface area contributed by atoms with Crippen molar-refractivity contribution in [1.29, 1.82) is 0 Å². The molecule has 0 unspecified atom stereocenters. The normalized spacial score (nSPS) is 11.2. The zero-order valence-corrected chi connectivity index (χ0v) is 7.71. The van der Waals surface area contributed by atoms with Crippen LogP contribution in [0.1, 0.15) is 5.69 Å². The topological polar surface area (TPSA) is 56.3 Å². The van der Waals surface area contributed by atoms with Crippen LogP contribution < -0.4 is 4.74 Å². The van der Waals surface area contributed by atoms with E-state index in [4.69, 9.17) is 4.74 Å². The summed E-state index contributed by atoms with van der Waals surface area (Å²) in [5, 5.41) is 0. The van der Waals surface area contributed by atoms with Gasteiger partial charge in [0.15, 0.2) is 0 Å². The summed E-state index contributed by atoms with van der Waals surface area (Å²) in [6.07, 6.45) is 1.36. The van der Waals surface area contributed by atoms with E-state index in [-0.39, 0.29) is 5.69 Å². The van der Waals surface area contributed by atoms with Gasteiger partial charge in [0, 0.05) is 12.3 Å². The van der Waals surface area contributed by atoms with E-state index in [1.54, 1.807) is 6.07 Å². The number of hydrogen-bond donors (Lipinski definition) is 0. The average Bonchev–Trinajstić information content (AvgIpc) is 2.01. The molecule has 0 radical (unpaired) electrons. The molecule has 0 aliphatic rings. The van der Waals surface area contributed by atoms with Gasteiger partial charge in [0.1, 0.15) is 11.5 Å². The van der Waals surface area contributed by atoms with E-state index in [0.717, 1.165) is 0 Å². The summed E-state index contributed by atoms with van der Waals surface area (Å²) in [7, 11) is -3.09. The van der Waals surface area contributed by atoms with Gasteiger partial charge in [-0.15, -0.1) is 3.89 Å². The SMILES string of the molecule is COc1ccnc(CS(=O)(=O)F)c1. The Bertz CT molecular complexity index is 390. The predicted molar refractivity (Wildman–Crippen MR) is 44.5 cm³/mol. The van der Waals surface area contributed by atoms with Crippen LogP contribution in [0, 0.1) is 0 Å². The van der Waals surface area contributed by atoms with Crippen molar-refractivity contribution in [3.05, 3.63) is 24.0 Å². The zero-order chi connectivity index (χ0) is 9.90. The fourth-order valence-corrected chi connectivity index (χ4v) is 1.35. The van der Waals surface area contributed by atoms with E-state index in [9.17, 15) is 12.3 Å². The number of ether oxygens (including phenoxy) is 1. The lowest BCUT2D eigenvalue weighted by molar-refractivity contribution is 0.413. The molecule has 0 aliphatic heterocycles. The van der Waals surface area contributed by atoms with Crippen LogP contribution in [-0.4, -0.2) is 20.5 Å². The Balaban J connectivity index is 2.90. The average molecular weight is 205 g/mol. The molecular formula is C7H8FNO3S. The third-order valence-electron chi connectivity index (χ3n) is 1.34. The Morgan fingerprint density at radius 2 is 2.31 bits per heavy atom. The lowest BCUT2D eigenvalue weighted by atomic mass is 10.4. The summed E-state index contributed by atoms with van der Waals surface area (Å²) in [4.78, 5) is 3.67. The van der Waals surface area contributed by atoms with Gasteiger partial charge in [-0.05, 0) is 6.07 Å². The van der Waals surface area contributed by atoms with E-state index >= 15 is 0 Å². The van der Waals surface area contributed by atoms with Gasteiger partial charge in [0.2, 0.25) is 0 Å². The van der Waals surface area contributed by atoms with Crippen molar-refractivity contribution < 1.29 is 17.0 Å². The molecule has 0 bridgehead atoms. The van der Waals surface area contributed by atoms with Gasteiger partial charge in [-0.2, -0.15) is 8.42 Å². The van der Waals surface area contributed by atoms with Crippen LogP contribution in [0.4, 0.5) is 3.89 Å². The number of aromatic nitrogens is 1. The minimum absolute atomic E-state index is 0.127. The smallest absolute Gasteiger partial charge is 0.308 e. The number of nitrogens with zero attached hydrogens (tertiary/aromatic N) is 1. The number of rotatable bonds is 3. The van der Waals surface area contributed by atoms with Crippen LogP contribution in [0.5, 0.6) is 5.75 Å². The molecule has 0 aliphatic carbocycles. The highest BCUT2D eigenvalue weighted by molar-refractivity contribution is 7.85. The first-order chi connectivity index (χ1) is 6.01. The van der Waals surface area contributed by atoms with Crippen molar-refractivity contribution in [1.82, 2.24) is 4.98 Å². The Kier molecular flexibility index (Phi) is 2.82. The molecule has 0 aromatic carbocycles. The van der Waals surface area contributed by atoms with Crippen molar-refractivity contribution in [2.45, 2.75) is 5.75 Å². The maximum atomic E-state index is 12.2. The highest BCUT2D eigenvalue weighted by Crippen LogP contribution is 2.12. The Labute approximate surface area is 75.6 Å². The summed E-state index contributed by atoms with van der Waals surface area (Å²) in [6, 6.07) is 2.92. The molecule has 0 saturated heterocycles. The molecule has 0 atom stereocenters. The summed E-state index contributed by atoms with van der Waals surface area (Å²) in [5.74, 6) is -0.266. The van der Waals surface area contributed by atoms with Crippen molar-refractivity contribution in [3.8, 4) is 5.75 Å². The minimum Gasteiger partial charge on any atom is -0.497 e. The first-order valence-electron chi connectivity index (χ1n) is 3.42. The molecular weight excluding hydrogens is 197 g/mol. The lowest BCUT2D eigenvalue weighted by Gasteiger charge is -2.00. The molecule has 6 heteroatoms. The van der Waals surface area contributed by atoms with Crippen LogP contribution in [0.25, 0.3) is 0 Å². The molecule has 1 rings (SSSR count).